The first-order chi connectivity index (χ1) is 8.65. The fourth-order valence-electron chi connectivity index (χ4n) is 2.24. The van der Waals surface area contributed by atoms with Gasteiger partial charge in [0.15, 0.2) is 0 Å². The van der Waals surface area contributed by atoms with Crippen molar-refractivity contribution in [1.82, 2.24) is 0 Å². The van der Waals surface area contributed by atoms with Crippen LogP contribution in [0.15, 0.2) is 30.3 Å². The normalized spacial score (nSPS) is 19.4. The third kappa shape index (κ3) is 2.03. The molecular formula is C14H14ClNOS. The number of fused-ring (bicyclic) bond motifs is 1. The van der Waals surface area contributed by atoms with E-state index in [0.29, 0.717) is 0 Å². The summed E-state index contributed by atoms with van der Waals surface area (Å²) in [6.45, 7) is 2.00. The van der Waals surface area contributed by atoms with Crippen molar-refractivity contribution in [2.45, 2.75) is 25.5 Å². The average molecular weight is 280 g/mol. The summed E-state index contributed by atoms with van der Waals surface area (Å²) in [6, 6.07) is 10.0. The molecule has 1 aliphatic rings. The van der Waals surface area contributed by atoms with Crippen LogP contribution in [-0.4, -0.2) is 6.10 Å². The molecule has 0 fully saturated rings. The molecule has 1 aromatic heterocycles. The first kappa shape index (κ1) is 12.0. The van der Waals surface area contributed by atoms with Crippen LogP contribution in [0, 0.1) is 6.92 Å². The van der Waals surface area contributed by atoms with Crippen LogP contribution < -0.4 is 10.5 Å². The van der Waals surface area contributed by atoms with Crippen molar-refractivity contribution < 1.29 is 4.74 Å². The van der Waals surface area contributed by atoms with Gasteiger partial charge >= 0.3 is 0 Å². The summed E-state index contributed by atoms with van der Waals surface area (Å²) in [6.07, 6.45) is 0.878. The van der Waals surface area contributed by atoms with E-state index in [0.717, 1.165) is 26.9 Å². The SMILES string of the molecule is Cc1cc(C(N)C2Cc3ccccc3O2)sc1Cl. The summed E-state index contributed by atoms with van der Waals surface area (Å²) in [5, 5.41) is 0. The van der Waals surface area contributed by atoms with E-state index < -0.39 is 0 Å². The number of ether oxygens (including phenoxy) is 1. The van der Waals surface area contributed by atoms with Gasteiger partial charge in [-0.3, -0.25) is 0 Å². The highest BCUT2D eigenvalue weighted by Crippen LogP contribution is 2.37. The van der Waals surface area contributed by atoms with Gasteiger partial charge in [0.25, 0.3) is 0 Å². The molecule has 0 saturated carbocycles. The van der Waals surface area contributed by atoms with Crippen molar-refractivity contribution in [3.05, 3.63) is 50.7 Å². The molecular weight excluding hydrogens is 266 g/mol. The van der Waals surface area contributed by atoms with Crippen molar-refractivity contribution >= 4 is 22.9 Å². The second-order valence-corrected chi connectivity index (χ2v) is 6.29. The van der Waals surface area contributed by atoms with Crippen LogP contribution in [0.5, 0.6) is 5.75 Å². The van der Waals surface area contributed by atoms with E-state index in [4.69, 9.17) is 22.1 Å². The highest BCUT2D eigenvalue weighted by atomic mass is 35.5. The van der Waals surface area contributed by atoms with Crippen LogP contribution in [-0.2, 0) is 6.42 Å². The molecule has 0 aliphatic carbocycles. The quantitative estimate of drug-likeness (QED) is 0.909. The minimum absolute atomic E-state index is 0.0107. The molecule has 0 amide bonds. The molecule has 0 bridgehead atoms. The molecule has 2 nitrogen and oxygen atoms in total. The number of nitrogens with two attached hydrogens (primary N) is 1. The van der Waals surface area contributed by atoms with E-state index in [1.54, 1.807) is 11.3 Å². The van der Waals surface area contributed by atoms with E-state index in [9.17, 15) is 0 Å². The fourth-order valence-corrected chi connectivity index (χ4v) is 3.51. The van der Waals surface area contributed by atoms with Crippen molar-refractivity contribution in [1.29, 1.82) is 0 Å². The van der Waals surface area contributed by atoms with Gasteiger partial charge in [0, 0.05) is 11.3 Å². The lowest BCUT2D eigenvalue weighted by molar-refractivity contribution is 0.201. The van der Waals surface area contributed by atoms with Gasteiger partial charge in [-0.2, -0.15) is 0 Å². The summed E-state index contributed by atoms with van der Waals surface area (Å²) in [7, 11) is 0. The third-order valence-corrected chi connectivity index (χ3v) is 4.93. The Hall–Kier alpha value is -1.03. The minimum atomic E-state index is -0.117. The Kier molecular flexibility index (Phi) is 3.06. The van der Waals surface area contributed by atoms with Gasteiger partial charge in [-0.1, -0.05) is 29.8 Å². The summed E-state index contributed by atoms with van der Waals surface area (Å²) in [5.74, 6) is 0.956. The Labute approximate surface area is 115 Å². The summed E-state index contributed by atoms with van der Waals surface area (Å²) in [4.78, 5) is 1.09. The molecule has 2 unspecified atom stereocenters. The van der Waals surface area contributed by atoms with Gasteiger partial charge in [0.05, 0.1) is 10.4 Å². The zero-order valence-electron chi connectivity index (χ0n) is 10.0. The molecule has 0 spiro atoms. The Balaban J connectivity index is 1.82. The lowest BCUT2D eigenvalue weighted by Crippen LogP contribution is -2.29. The van der Waals surface area contributed by atoms with E-state index in [-0.39, 0.29) is 12.1 Å². The molecule has 4 heteroatoms. The first-order valence-electron chi connectivity index (χ1n) is 5.91. The number of aryl methyl sites for hydroxylation is 1. The van der Waals surface area contributed by atoms with Crippen LogP contribution in [0.2, 0.25) is 4.34 Å². The lowest BCUT2D eigenvalue weighted by atomic mass is 10.0. The predicted octanol–water partition coefficient (Wildman–Crippen LogP) is 3.71. The maximum atomic E-state index is 6.29. The average Bonchev–Trinajstić information content (AvgIpc) is 2.93. The fraction of sp³-hybridized carbons (Fsp3) is 0.286. The van der Waals surface area contributed by atoms with Gasteiger partial charge in [0.1, 0.15) is 11.9 Å². The molecule has 2 aromatic rings. The van der Waals surface area contributed by atoms with Crippen LogP contribution in [0.4, 0.5) is 0 Å². The van der Waals surface area contributed by atoms with E-state index in [1.807, 2.05) is 25.1 Å². The second kappa shape index (κ2) is 4.57. The summed E-state index contributed by atoms with van der Waals surface area (Å²) in [5.41, 5.74) is 8.61. The van der Waals surface area contributed by atoms with Crippen molar-refractivity contribution in [3.8, 4) is 5.75 Å². The third-order valence-electron chi connectivity index (χ3n) is 3.28. The Morgan fingerprint density at radius 3 is 2.89 bits per heavy atom. The molecule has 3 rings (SSSR count). The molecule has 1 aliphatic heterocycles. The lowest BCUT2D eigenvalue weighted by Gasteiger charge is -2.17. The summed E-state index contributed by atoms with van der Waals surface area (Å²) >= 11 is 7.64. The molecule has 2 heterocycles. The molecule has 2 N–H and O–H groups in total. The second-order valence-electron chi connectivity index (χ2n) is 4.60. The molecule has 1 aromatic carbocycles. The molecule has 0 radical (unpaired) electrons. The highest BCUT2D eigenvalue weighted by Gasteiger charge is 2.29. The number of rotatable bonds is 2. The van der Waals surface area contributed by atoms with E-state index in [2.05, 4.69) is 12.1 Å². The molecule has 2 atom stereocenters. The predicted molar refractivity (Wildman–Crippen MR) is 75.6 cm³/mol. The topological polar surface area (TPSA) is 35.2 Å². The Morgan fingerprint density at radius 1 is 1.44 bits per heavy atom. The van der Waals surface area contributed by atoms with Crippen LogP contribution >= 0.6 is 22.9 Å². The first-order valence-corrected chi connectivity index (χ1v) is 7.10. The Morgan fingerprint density at radius 2 is 2.22 bits per heavy atom. The van der Waals surface area contributed by atoms with E-state index >= 15 is 0 Å². The zero-order chi connectivity index (χ0) is 12.7. The smallest absolute Gasteiger partial charge is 0.123 e. The Bertz CT molecular complexity index is 536. The minimum Gasteiger partial charge on any atom is -0.488 e. The number of hydrogen-bond acceptors (Lipinski definition) is 3. The largest absolute Gasteiger partial charge is 0.488 e. The number of thiophene rings is 1. The van der Waals surface area contributed by atoms with Gasteiger partial charge in [-0.05, 0) is 30.2 Å². The van der Waals surface area contributed by atoms with Crippen LogP contribution in [0.1, 0.15) is 22.0 Å². The van der Waals surface area contributed by atoms with E-state index in [1.165, 1.54) is 5.56 Å². The van der Waals surface area contributed by atoms with Crippen molar-refractivity contribution in [3.63, 3.8) is 0 Å². The van der Waals surface area contributed by atoms with Gasteiger partial charge < -0.3 is 10.5 Å². The summed E-state index contributed by atoms with van der Waals surface area (Å²) < 4.78 is 6.73. The van der Waals surface area contributed by atoms with Crippen molar-refractivity contribution in [2.24, 2.45) is 5.73 Å². The van der Waals surface area contributed by atoms with Gasteiger partial charge in [-0.15, -0.1) is 11.3 Å². The number of benzene rings is 1. The molecule has 18 heavy (non-hydrogen) atoms. The number of para-hydroxylation sites is 1. The maximum absolute atomic E-state index is 6.29. The van der Waals surface area contributed by atoms with Crippen LogP contribution in [0.25, 0.3) is 0 Å². The van der Waals surface area contributed by atoms with Gasteiger partial charge in [0.2, 0.25) is 0 Å². The molecule has 0 saturated heterocycles. The highest BCUT2D eigenvalue weighted by molar-refractivity contribution is 7.16. The monoisotopic (exact) mass is 279 g/mol. The zero-order valence-corrected chi connectivity index (χ0v) is 11.6. The maximum Gasteiger partial charge on any atom is 0.123 e. The van der Waals surface area contributed by atoms with Crippen LogP contribution in [0.3, 0.4) is 0 Å². The molecule has 94 valence electrons. The number of halogens is 1. The number of hydrogen-bond donors (Lipinski definition) is 1. The van der Waals surface area contributed by atoms with Crippen molar-refractivity contribution in [2.75, 3.05) is 0 Å². The standard InChI is InChI=1S/C14H14ClNOS/c1-8-6-12(18-14(8)15)13(16)11-7-9-4-2-3-5-10(9)17-11/h2-6,11,13H,7,16H2,1H3. The van der Waals surface area contributed by atoms with Gasteiger partial charge in [-0.25, -0.2) is 0 Å².